The van der Waals surface area contributed by atoms with Crippen LogP contribution < -0.4 is 5.32 Å². The summed E-state index contributed by atoms with van der Waals surface area (Å²) in [7, 11) is -0.393. The molecule has 0 aliphatic heterocycles. The van der Waals surface area contributed by atoms with E-state index in [1.54, 1.807) is 13.3 Å². The van der Waals surface area contributed by atoms with Crippen molar-refractivity contribution in [2.75, 3.05) is 45.1 Å². The number of nitrogens with zero attached hydrogens (tertiary/aromatic N) is 2. The summed E-state index contributed by atoms with van der Waals surface area (Å²) in [4.78, 5) is 23.1. The molecular formula is C20H27N3O7S2. The van der Waals surface area contributed by atoms with E-state index in [9.17, 15) is 13.2 Å². The molecule has 0 aliphatic carbocycles. The molecule has 0 unspecified atom stereocenters. The van der Waals surface area contributed by atoms with Gasteiger partial charge in [0.05, 0.1) is 22.1 Å². The Balaban J connectivity index is 2.20. The molecule has 0 atom stereocenters. The number of hydrogen-bond acceptors (Lipinski definition) is 10. The lowest BCUT2D eigenvalue weighted by Crippen LogP contribution is -2.24. The molecular weight excluding hydrogens is 458 g/mol. The number of methoxy groups -OCH3 is 2. The van der Waals surface area contributed by atoms with Crippen LogP contribution in [0.2, 0.25) is 0 Å². The van der Waals surface area contributed by atoms with Crippen LogP contribution in [0.1, 0.15) is 23.3 Å². The highest BCUT2D eigenvalue weighted by atomic mass is 32.2. The van der Waals surface area contributed by atoms with Gasteiger partial charge in [-0.25, -0.2) is 13.4 Å². The van der Waals surface area contributed by atoms with Crippen LogP contribution in [0.25, 0.3) is 0 Å². The molecule has 0 fully saturated rings. The zero-order valence-electron chi connectivity index (χ0n) is 17.9. The van der Waals surface area contributed by atoms with Crippen LogP contribution in [0, 0.1) is 0 Å². The fourth-order valence-electron chi connectivity index (χ4n) is 2.53. The third-order valence-corrected chi connectivity index (χ3v) is 6.78. The lowest BCUT2D eigenvalue weighted by molar-refractivity contribution is -0.110. The first-order valence-electron chi connectivity index (χ1n) is 9.79. The summed E-state index contributed by atoms with van der Waals surface area (Å²) in [6.07, 6.45) is 2.33. The number of carbonyl (C=O) groups is 1. The molecule has 1 heterocycles. The number of ether oxygens (including phenoxy) is 2. The predicted molar refractivity (Wildman–Crippen MR) is 121 cm³/mol. The molecule has 176 valence electrons. The number of aliphatic hydroxyl groups is 1. The van der Waals surface area contributed by atoms with Gasteiger partial charge < -0.3 is 19.4 Å². The van der Waals surface area contributed by atoms with Gasteiger partial charge in [-0.05, 0) is 18.6 Å². The SMILES string of the molecule is COCCCS(=O)(=O)c1ccc(C(=NOCCCO)C(=O)Nc2ncc(COC)s2)cc1. The number of nitrogens with one attached hydrogen (secondary N) is 1. The van der Waals surface area contributed by atoms with Gasteiger partial charge in [-0.3, -0.25) is 10.1 Å². The van der Waals surface area contributed by atoms with E-state index in [1.807, 2.05) is 0 Å². The van der Waals surface area contributed by atoms with Crippen LogP contribution in [0.15, 0.2) is 40.5 Å². The van der Waals surface area contributed by atoms with Crippen LogP contribution in [-0.4, -0.2) is 69.9 Å². The van der Waals surface area contributed by atoms with Gasteiger partial charge in [0.25, 0.3) is 5.91 Å². The topological polar surface area (TPSA) is 136 Å². The predicted octanol–water partition coefficient (Wildman–Crippen LogP) is 1.84. The minimum Gasteiger partial charge on any atom is -0.396 e. The Morgan fingerprint density at radius 1 is 1.16 bits per heavy atom. The van der Waals surface area contributed by atoms with Gasteiger partial charge in [0.15, 0.2) is 20.7 Å². The van der Waals surface area contributed by atoms with Gasteiger partial charge in [-0.2, -0.15) is 0 Å². The summed E-state index contributed by atoms with van der Waals surface area (Å²) >= 11 is 1.26. The summed E-state index contributed by atoms with van der Waals surface area (Å²) < 4.78 is 34.8. The number of carbonyl (C=O) groups excluding carboxylic acids is 1. The van der Waals surface area contributed by atoms with Gasteiger partial charge in [-0.1, -0.05) is 28.6 Å². The number of aliphatic hydroxyl groups excluding tert-OH is 1. The highest BCUT2D eigenvalue weighted by molar-refractivity contribution is 7.91. The molecule has 12 heteroatoms. The quantitative estimate of drug-likeness (QED) is 0.235. The minimum absolute atomic E-state index is 0.0419. The zero-order valence-corrected chi connectivity index (χ0v) is 19.6. The second-order valence-electron chi connectivity index (χ2n) is 6.56. The molecule has 1 amide bonds. The number of aromatic nitrogens is 1. The van der Waals surface area contributed by atoms with E-state index in [1.165, 1.54) is 42.7 Å². The zero-order chi connectivity index (χ0) is 23.4. The number of sulfone groups is 1. The van der Waals surface area contributed by atoms with Crippen LogP contribution in [0.3, 0.4) is 0 Å². The maximum Gasteiger partial charge on any atom is 0.280 e. The average Bonchev–Trinajstić information content (AvgIpc) is 3.21. The molecule has 2 aromatic rings. The van der Waals surface area contributed by atoms with E-state index in [0.717, 1.165) is 4.88 Å². The van der Waals surface area contributed by atoms with Gasteiger partial charge in [0.2, 0.25) is 0 Å². The molecule has 2 rings (SSSR count). The van der Waals surface area contributed by atoms with Crippen LogP contribution in [0.5, 0.6) is 0 Å². The summed E-state index contributed by atoms with van der Waals surface area (Å²) in [6, 6.07) is 5.84. The maximum absolute atomic E-state index is 12.8. The Bertz CT molecular complexity index is 989. The molecule has 1 aromatic carbocycles. The molecule has 0 radical (unpaired) electrons. The van der Waals surface area contributed by atoms with Gasteiger partial charge in [0.1, 0.15) is 6.61 Å². The highest BCUT2D eigenvalue weighted by Gasteiger charge is 2.19. The van der Waals surface area contributed by atoms with Gasteiger partial charge >= 0.3 is 0 Å². The molecule has 0 saturated carbocycles. The fourth-order valence-corrected chi connectivity index (χ4v) is 4.59. The van der Waals surface area contributed by atoms with E-state index in [-0.39, 0.29) is 29.6 Å². The van der Waals surface area contributed by atoms with E-state index in [0.29, 0.717) is 36.8 Å². The standard InChI is InChI=1S/C20H27N3O7S2/c1-28-10-4-12-32(26,27)17-7-5-15(6-8-17)18(23-30-11-3-9-24)19(25)22-20-21-13-16(31-20)14-29-2/h5-8,13,24H,3-4,9-12,14H2,1-2H3,(H,21,22,25). The summed E-state index contributed by atoms with van der Waals surface area (Å²) in [5.41, 5.74) is 0.325. The number of thiazole rings is 1. The van der Waals surface area contributed by atoms with Crippen LogP contribution >= 0.6 is 11.3 Å². The number of hydrogen-bond donors (Lipinski definition) is 2. The van der Waals surface area contributed by atoms with Crippen molar-refractivity contribution in [2.24, 2.45) is 5.16 Å². The number of benzene rings is 1. The number of anilines is 1. The van der Waals surface area contributed by atoms with Crippen molar-refractivity contribution in [1.82, 2.24) is 4.98 Å². The Kier molecular flexibility index (Phi) is 10.7. The first-order valence-corrected chi connectivity index (χ1v) is 12.3. The molecule has 1 aromatic heterocycles. The molecule has 0 aliphatic rings. The van der Waals surface area contributed by atoms with Crippen molar-refractivity contribution in [2.45, 2.75) is 24.3 Å². The third kappa shape index (κ3) is 7.95. The van der Waals surface area contributed by atoms with Crippen LogP contribution in [0.4, 0.5) is 5.13 Å². The summed E-state index contributed by atoms with van der Waals surface area (Å²) in [5.74, 6) is -0.609. The number of oxime groups is 1. The lowest BCUT2D eigenvalue weighted by Gasteiger charge is -2.09. The molecule has 0 saturated heterocycles. The van der Waals surface area contributed by atoms with Crippen molar-refractivity contribution >= 4 is 37.9 Å². The Morgan fingerprint density at radius 2 is 1.91 bits per heavy atom. The highest BCUT2D eigenvalue weighted by Crippen LogP contribution is 2.20. The van der Waals surface area contributed by atoms with E-state index >= 15 is 0 Å². The maximum atomic E-state index is 12.8. The van der Waals surface area contributed by atoms with E-state index in [2.05, 4.69) is 15.5 Å². The largest absolute Gasteiger partial charge is 0.396 e. The minimum atomic E-state index is -3.47. The van der Waals surface area contributed by atoms with Crippen LogP contribution in [-0.2, 0) is 35.5 Å². The third-order valence-electron chi connectivity index (χ3n) is 4.07. The molecule has 0 spiro atoms. The summed E-state index contributed by atoms with van der Waals surface area (Å²) in [6.45, 7) is 0.768. The van der Waals surface area contributed by atoms with Crippen molar-refractivity contribution in [3.8, 4) is 0 Å². The van der Waals surface area contributed by atoms with Crippen molar-refractivity contribution in [1.29, 1.82) is 0 Å². The smallest absolute Gasteiger partial charge is 0.280 e. The second-order valence-corrected chi connectivity index (χ2v) is 9.78. The first-order chi connectivity index (χ1) is 15.4. The Morgan fingerprint density at radius 3 is 2.56 bits per heavy atom. The van der Waals surface area contributed by atoms with Crippen molar-refractivity contribution in [3.05, 3.63) is 40.9 Å². The molecule has 32 heavy (non-hydrogen) atoms. The van der Waals surface area contributed by atoms with Crippen molar-refractivity contribution in [3.63, 3.8) is 0 Å². The molecule has 10 nitrogen and oxygen atoms in total. The van der Waals surface area contributed by atoms with Gasteiger partial charge in [-0.15, -0.1) is 0 Å². The normalized spacial score (nSPS) is 12.0. The summed E-state index contributed by atoms with van der Waals surface area (Å²) in [5, 5.41) is 15.8. The van der Waals surface area contributed by atoms with Crippen molar-refractivity contribution < 1.29 is 32.6 Å². The Hall–Kier alpha value is -2.38. The molecule has 2 N–H and O–H groups in total. The second kappa shape index (κ2) is 13.2. The Labute approximate surface area is 191 Å². The van der Waals surface area contributed by atoms with Gasteiger partial charge in [0, 0.05) is 45.6 Å². The lowest BCUT2D eigenvalue weighted by atomic mass is 10.1. The van der Waals surface area contributed by atoms with E-state index < -0.39 is 15.7 Å². The average molecular weight is 486 g/mol. The first kappa shape index (κ1) is 25.9. The number of rotatable bonds is 14. The molecule has 0 bridgehead atoms. The number of amides is 1. The van der Waals surface area contributed by atoms with E-state index in [4.69, 9.17) is 19.4 Å². The monoisotopic (exact) mass is 485 g/mol. The fraction of sp³-hybridized carbons (Fsp3) is 0.450.